The van der Waals surface area contributed by atoms with E-state index in [0.29, 0.717) is 12.5 Å². The van der Waals surface area contributed by atoms with Gasteiger partial charge in [0.05, 0.1) is 12.3 Å². The normalized spacial score (nSPS) is 10.8. The molecule has 90 valence electrons. The van der Waals surface area contributed by atoms with Crippen LogP contribution in [0.4, 0.5) is 5.82 Å². The third-order valence-electron chi connectivity index (χ3n) is 2.19. The van der Waals surface area contributed by atoms with Crippen LogP contribution in [0.5, 0.6) is 0 Å². The molecule has 0 fully saturated rings. The molecule has 0 unspecified atom stereocenters. The molecule has 0 aromatic carbocycles. The van der Waals surface area contributed by atoms with Crippen molar-refractivity contribution in [2.75, 3.05) is 25.1 Å². The second-order valence-electron chi connectivity index (χ2n) is 4.28. The van der Waals surface area contributed by atoms with Gasteiger partial charge in [0.2, 0.25) is 0 Å². The van der Waals surface area contributed by atoms with Crippen LogP contribution in [0.15, 0.2) is 12.1 Å². The van der Waals surface area contributed by atoms with E-state index in [1.54, 1.807) is 0 Å². The first-order valence-corrected chi connectivity index (χ1v) is 5.80. The maximum atomic E-state index is 5.48. The molecule has 0 aliphatic heterocycles. The fourth-order valence-corrected chi connectivity index (χ4v) is 1.17. The van der Waals surface area contributed by atoms with E-state index in [9.17, 15) is 0 Å². The fraction of sp³-hybridized carbons (Fsp3) is 0.667. The van der Waals surface area contributed by atoms with Crippen LogP contribution >= 0.6 is 0 Å². The van der Waals surface area contributed by atoms with E-state index in [4.69, 9.17) is 4.74 Å². The highest BCUT2D eigenvalue weighted by Gasteiger charge is 1.95. The van der Waals surface area contributed by atoms with Gasteiger partial charge >= 0.3 is 0 Å². The highest BCUT2D eigenvalue weighted by Crippen LogP contribution is 2.01. The number of aryl methyl sites for hydroxylation is 1. The Morgan fingerprint density at radius 1 is 1.25 bits per heavy atom. The number of hydrogen-bond donors (Lipinski definition) is 1. The number of nitrogens with zero attached hydrogens (tertiary/aromatic N) is 2. The minimum absolute atomic E-state index is 0.705. The number of nitrogens with one attached hydrogen (secondary N) is 1. The Morgan fingerprint density at radius 3 is 2.69 bits per heavy atom. The highest BCUT2D eigenvalue weighted by molar-refractivity contribution is 5.32. The van der Waals surface area contributed by atoms with Crippen LogP contribution in [0.1, 0.15) is 26.0 Å². The quantitative estimate of drug-likeness (QED) is 0.720. The van der Waals surface area contributed by atoms with Crippen molar-refractivity contribution < 1.29 is 4.74 Å². The van der Waals surface area contributed by atoms with Gasteiger partial charge in [-0.25, -0.2) is 0 Å². The lowest BCUT2D eigenvalue weighted by Gasteiger charge is -2.07. The third kappa shape index (κ3) is 5.66. The van der Waals surface area contributed by atoms with Gasteiger partial charge in [-0.2, -0.15) is 5.10 Å². The van der Waals surface area contributed by atoms with E-state index in [1.807, 2.05) is 19.1 Å². The molecule has 0 aliphatic rings. The molecule has 0 amide bonds. The highest BCUT2D eigenvalue weighted by atomic mass is 16.5. The molecule has 0 aliphatic carbocycles. The average Bonchev–Trinajstić information content (AvgIpc) is 2.25. The molecular formula is C12H21N3O. The summed E-state index contributed by atoms with van der Waals surface area (Å²) in [5.41, 5.74) is 0.929. The van der Waals surface area contributed by atoms with E-state index in [-0.39, 0.29) is 0 Å². The SMILES string of the molecule is Cc1ccc(NCCOCCC(C)C)nn1. The summed E-state index contributed by atoms with van der Waals surface area (Å²) in [6, 6.07) is 3.87. The molecule has 0 saturated carbocycles. The van der Waals surface area contributed by atoms with Crippen LogP contribution in [0, 0.1) is 12.8 Å². The van der Waals surface area contributed by atoms with Crippen molar-refractivity contribution >= 4 is 5.82 Å². The van der Waals surface area contributed by atoms with Gasteiger partial charge in [-0.3, -0.25) is 0 Å². The summed E-state index contributed by atoms with van der Waals surface area (Å²) in [7, 11) is 0. The van der Waals surface area contributed by atoms with Crippen molar-refractivity contribution in [3.05, 3.63) is 17.8 Å². The van der Waals surface area contributed by atoms with Crippen LogP contribution in [-0.4, -0.2) is 30.0 Å². The summed E-state index contributed by atoms with van der Waals surface area (Å²) in [6.07, 6.45) is 1.12. The summed E-state index contributed by atoms with van der Waals surface area (Å²) in [5.74, 6) is 1.51. The third-order valence-corrected chi connectivity index (χ3v) is 2.19. The van der Waals surface area contributed by atoms with Crippen LogP contribution in [0.2, 0.25) is 0 Å². The second kappa shape index (κ2) is 7.17. The molecule has 1 heterocycles. The minimum atomic E-state index is 0.705. The van der Waals surface area contributed by atoms with E-state index < -0.39 is 0 Å². The number of anilines is 1. The molecule has 16 heavy (non-hydrogen) atoms. The van der Waals surface area contributed by atoms with Crippen LogP contribution in [0.3, 0.4) is 0 Å². The van der Waals surface area contributed by atoms with Gasteiger partial charge < -0.3 is 10.1 Å². The predicted molar refractivity (Wildman–Crippen MR) is 65.5 cm³/mol. The van der Waals surface area contributed by atoms with Crippen LogP contribution in [0.25, 0.3) is 0 Å². The molecule has 1 N–H and O–H groups in total. The Hall–Kier alpha value is -1.16. The molecule has 1 aromatic heterocycles. The van der Waals surface area contributed by atoms with Gasteiger partial charge in [0.15, 0.2) is 0 Å². The lowest BCUT2D eigenvalue weighted by molar-refractivity contribution is 0.132. The second-order valence-corrected chi connectivity index (χ2v) is 4.28. The summed E-state index contributed by atoms with van der Waals surface area (Å²) in [4.78, 5) is 0. The fourth-order valence-electron chi connectivity index (χ4n) is 1.17. The van der Waals surface area contributed by atoms with Gasteiger partial charge in [-0.05, 0) is 31.4 Å². The lowest BCUT2D eigenvalue weighted by atomic mass is 10.1. The maximum Gasteiger partial charge on any atom is 0.148 e. The summed E-state index contributed by atoms with van der Waals surface area (Å²) in [6.45, 7) is 8.63. The van der Waals surface area contributed by atoms with Gasteiger partial charge in [0.25, 0.3) is 0 Å². The summed E-state index contributed by atoms with van der Waals surface area (Å²) < 4.78 is 5.48. The maximum absolute atomic E-state index is 5.48. The Balaban J connectivity index is 2.05. The topological polar surface area (TPSA) is 47.0 Å². The van der Waals surface area contributed by atoms with E-state index in [0.717, 1.165) is 31.1 Å². The Bertz CT molecular complexity index is 285. The summed E-state index contributed by atoms with van der Waals surface area (Å²) in [5, 5.41) is 11.1. The monoisotopic (exact) mass is 223 g/mol. The van der Waals surface area contributed by atoms with E-state index >= 15 is 0 Å². The zero-order chi connectivity index (χ0) is 11.8. The van der Waals surface area contributed by atoms with E-state index in [2.05, 4.69) is 29.4 Å². The zero-order valence-corrected chi connectivity index (χ0v) is 10.4. The standard InChI is InChI=1S/C12H21N3O/c1-10(2)6-8-16-9-7-13-12-5-4-11(3)14-15-12/h4-5,10H,6-9H2,1-3H3,(H,13,15). The van der Waals surface area contributed by atoms with Gasteiger partial charge in [-0.15, -0.1) is 5.10 Å². The predicted octanol–water partition coefficient (Wildman–Crippen LogP) is 2.26. The molecule has 0 spiro atoms. The van der Waals surface area contributed by atoms with Crippen molar-refractivity contribution in [3.8, 4) is 0 Å². The lowest BCUT2D eigenvalue weighted by Crippen LogP contribution is -2.12. The molecule has 0 atom stereocenters. The van der Waals surface area contributed by atoms with Crippen molar-refractivity contribution in [3.63, 3.8) is 0 Å². The van der Waals surface area contributed by atoms with Crippen molar-refractivity contribution in [1.82, 2.24) is 10.2 Å². The Morgan fingerprint density at radius 2 is 2.06 bits per heavy atom. The molecule has 1 rings (SSSR count). The summed E-state index contributed by atoms with van der Waals surface area (Å²) >= 11 is 0. The van der Waals surface area contributed by atoms with E-state index in [1.165, 1.54) is 0 Å². The first kappa shape index (κ1) is 12.9. The number of ether oxygens (including phenoxy) is 1. The Labute approximate surface area is 97.4 Å². The molecular weight excluding hydrogens is 202 g/mol. The first-order valence-electron chi connectivity index (χ1n) is 5.80. The van der Waals surface area contributed by atoms with Gasteiger partial charge in [0, 0.05) is 13.2 Å². The van der Waals surface area contributed by atoms with Gasteiger partial charge in [-0.1, -0.05) is 13.8 Å². The Kier molecular flexibility index (Phi) is 5.78. The van der Waals surface area contributed by atoms with Crippen LogP contribution < -0.4 is 5.32 Å². The van der Waals surface area contributed by atoms with Crippen molar-refractivity contribution in [2.24, 2.45) is 5.92 Å². The minimum Gasteiger partial charge on any atom is -0.380 e. The largest absolute Gasteiger partial charge is 0.380 e. The number of hydrogen-bond acceptors (Lipinski definition) is 4. The molecule has 4 nitrogen and oxygen atoms in total. The smallest absolute Gasteiger partial charge is 0.148 e. The van der Waals surface area contributed by atoms with Crippen LogP contribution in [-0.2, 0) is 4.74 Å². The molecule has 0 bridgehead atoms. The molecule has 0 saturated heterocycles. The van der Waals surface area contributed by atoms with Crippen molar-refractivity contribution in [2.45, 2.75) is 27.2 Å². The number of rotatable bonds is 7. The molecule has 4 heteroatoms. The molecule has 1 aromatic rings. The molecule has 0 radical (unpaired) electrons. The van der Waals surface area contributed by atoms with Crippen molar-refractivity contribution in [1.29, 1.82) is 0 Å². The number of aromatic nitrogens is 2. The zero-order valence-electron chi connectivity index (χ0n) is 10.4. The average molecular weight is 223 g/mol. The first-order chi connectivity index (χ1) is 7.68. The van der Waals surface area contributed by atoms with Gasteiger partial charge in [0.1, 0.15) is 5.82 Å².